The summed E-state index contributed by atoms with van der Waals surface area (Å²) in [7, 11) is 0. The predicted octanol–water partition coefficient (Wildman–Crippen LogP) is 1.27. The van der Waals surface area contributed by atoms with Crippen LogP contribution in [-0.4, -0.2) is 26.1 Å². The van der Waals surface area contributed by atoms with Gasteiger partial charge in [0.1, 0.15) is 5.82 Å². The van der Waals surface area contributed by atoms with Gasteiger partial charge in [-0.25, -0.2) is 9.97 Å². The Kier molecular flexibility index (Phi) is 2.92. The van der Waals surface area contributed by atoms with E-state index in [0.717, 1.165) is 25.3 Å². The van der Waals surface area contributed by atoms with Crippen LogP contribution in [0.4, 0.5) is 0 Å². The van der Waals surface area contributed by atoms with E-state index in [9.17, 15) is 0 Å². The average molecular weight is 231 g/mol. The summed E-state index contributed by atoms with van der Waals surface area (Å²) in [6, 6.07) is 0.481. The van der Waals surface area contributed by atoms with Gasteiger partial charge in [-0.05, 0) is 19.4 Å². The zero-order valence-electron chi connectivity index (χ0n) is 9.76. The number of imidazole rings is 2. The fourth-order valence-electron chi connectivity index (χ4n) is 2.41. The number of nitrogens with one attached hydrogen (secondary N) is 2. The second-order valence-electron chi connectivity index (χ2n) is 4.45. The van der Waals surface area contributed by atoms with Crippen LogP contribution in [0.5, 0.6) is 0 Å². The molecule has 0 saturated carbocycles. The van der Waals surface area contributed by atoms with Crippen molar-refractivity contribution in [3.63, 3.8) is 0 Å². The minimum absolute atomic E-state index is 0.481. The van der Waals surface area contributed by atoms with Gasteiger partial charge in [0.2, 0.25) is 0 Å². The summed E-state index contributed by atoms with van der Waals surface area (Å²) in [5, 5.41) is 3.51. The second kappa shape index (κ2) is 4.71. The van der Waals surface area contributed by atoms with Crippen LogP contribution in [0.1, 0.15) is 30.4 Å². The third kappa shape index (κ3) is 2.24. The number of aromatic amines is 1. The van der Waals surface area contributed by atoms with Crippen LogP contribution >= 0.6 is 0 Å². The average Bonchev–Trinajstić information content (AvgIpc) is 3.09. The standard InChI is InChI=1S/C12H17N5/c1-2-10(14-4-1)11-8-13-9-17(11)7-3-12-15-5-6-16-12/h5-6,8-10,14H,1-4,7H2,(H,15,16). The number of aromatic nitrogens is 4. The molecule has 1 unspecified atom stereocenters. The van der Waals surface area contributed by atoms with Crippen LogP contribution in [0.25, 0.3) is 0 Å². The van der Waals surface area contributed by atoms with Crippen molar-refractivity contribution >= 4 is 0 Å². The molecule has 1 aliphatic rings. The maximum atomic E-state index is 4.26. The van der Waals surface area contributed by atoms with Crippen LogP contribution in [0.3, 0.4) is 0 Å². The molecule has 2 aromatic heterocycles. The Morgan fingerprint density at radius 3 is 3.24 bits per heavy atom. The van der Waals surface area contributed by atoms with Gasteiger partial charge in [-0.2, -0.15) is 0 Å². The first kappa shape index (κ1) is 10.5. The molecule has 17 heavy (non-hydrogen) atoms. The SMILES string of the molecule is c1c[nH]c(CCn2cncc2C2CCCN2)n1. The molecular weight excluding hydrogens is 214 g/mol. The monoisotopic (exact) mass is 231 g/mol. The molecule has 0 radical (unpaired) electrons. The molecule has 2 aromatic rings. The smallest absolute Gasteiger partial charge is 0.107 e. The third-order valence-corrected chi connectivity index (χ3v) is 3.31. The number of hydrogen-bond donors (Lipinski definition) is 2. The Morgan fingerprint density at radius 2 is 2.47 bits per heavy atom. The zero-order chi connectivity index (χ0) is 11.5. The molecule has 0 spiro atoms. The first-order valence-electron chi connectivity index (χ1n) is 6.15. The molecule has 0 amide bonds. The van der Waals surface area contributed by atoms with Crippen molar-refractivity contribution in [1.82, 2.24) is 24.8 Å². The topological polar surface area (TPSA) is 58.5 Å². The van der Waals surface area contributed by atoms with Crippen LogP contribution in [-0.2, 0) is 13.0 Å². The summed E-state index contributed by atoms with van der Waals surface area (Å²) < 4.78 is 2.23. The molecule has 1 saturated heterocycles. The lowest BCUT2D eigenvalue weighted by Crippen LogP contribution is -2.17. The minimum atomic E-state index is 0.481. The second-order valence-corrected chi connectivity index (χ2v) is 4.45. The molecule has 1 fully saturated rings. The van der Waals surface area contributed by atoms with Gasteiger partial charge in [0, 0.05) is 37.6 Å². The number of aryl methyl sites for hydroxylation is 2. The highest BCUT2D eigenvalue weighted by atomic mass is 15.1. The normalized spacial score (nSPS) is 19.9. The fourth-order valence-corrected chi connectivity index (χ4v) is 2.41. The number of hydrogen-bond acceptors (Lipinski definition) is 3. The van der Waals surface area contributed by atoms with Crippen LogP contribution in [0.2, 0.25) is 0 Å². The van der Waals surface area contributed by atoms with Crippen molar-refractivity contribution < 1.29 is 0 Å². The van der Waals surface area contributed by atoms with E-state index in [1.165, 1.54) is 18.5 Å². The van der Waals surface area contributed by atoms with Crippen molar-refractivity contribution in [2.45, 2.75) is 31.8 Å². The largest absolute Gasteiger partial charge is 0.349 e. The van der Waals surface area contributed by atoms with E-state index < -0.39 is 0 Å². The molecule has 1 atom stereocenters. The molecule has 3 rings (SSSR count). The molecule has 5 heteroatoms. The Bertz CT molecular complexity index is 453. The minimum Gasteiger partial charge on any atom is -0.349 e. The molecule has 5 nitrogen and oxygen atoms in total. The molecule has 90 valence electrons. The van der Waals surface area contributed by atoms with Crippen molar-refractivity contribution in [3.8, 4) is 0 Å². The summed E-state index contributed by atoms with van der Waals surface area (Å²) in [4.78, 5) is 11.6. The molecule has 3 heterocycles. The highest BCUT2D eigenvalue weighted by molar-refractivity contribution is 5.07. The molecule has 2 N–H and O–H groups in total. The molecule has 0 bridgehead atoms. The Morgan fingerprint density at radius 1 is 1.47 bits per heavy atom. The quantitative estimate of drug-likeness (QED) is 0.833. The predicted molar refractivity (Wildman–Crippen MR) is 64.5 cm³/mol. The summed E-state index contributed by atoms with van der Waals surface area (Å²) in [6.07, 6.45) is 10.9. The lowest BCUT2D eigenvalue weighted by molar-refractivity contribution is 0.559. The van der Waals surface area contributed by atoms with Gasteiger partial charge in [0.15, 0.2) is 0 Å². The maximum absolute atomic E-state index is 4.26. The number of nitrogens with zero attached hydrogens (tertiary/aromatic N) is 3. The van der Waals surface area contributed by atoms with Gasteiger partial charge >= 0.3 is 0 Å². The molecule has 0 aliphatic carbocycles. The van der Waals surface area contributed by atoms with Gasteiger partial charge in [-0.1, -0.05) is 0 Å². The molecular formula is C12H17N5. The van der Waals surface area contributed by atoms with Crippen molar-refractivity contribution in [2.24, 2.45) is 0 Å². The summed E-state index contributed by atoms with van der Waals surface area (Å²) in [5.74, 6) is 1.03. The highest BCUT2D eigenvalue weighted by Gasteiger charge is 2.19. The van der Waals surface area contributed by atoms with Crippen LogP contribution in [0.15, 0.2) is 24.9 Å². The van der Waals surface area contributed by atoms with Gasteiger partial charge in [0.25, 0.3) is 0 Å². The lowest BCUT2D eigenvalue weighted by Gasteiger charge is -2.13. The molecule has 1 aliphatic heterocycles. The Hall–Kier alpha value is -1.62. The highest BCUT2D eigenvalue weighted by Crippen LogP contribution is 2.22. The van der Waals surface area contributed by atoms with E-state index in [1.807, 2.05) is 18.7 Å². The van der Waals surface area contributed by atoms with Gasteiger partial charge in [-0.15, -0.1) is 0 Å². The lowest BCUT2D eigenvalue weighted by atomic mass is 10.2. The maximum Gasteiger partial charge on any atom is 0.107 e. The first-order valence-corrected chi connectivity index (χ1v) is 6.15. The van der Waals surface area contributed by atoms with E-state index in [-0.39, 0.29) is 0 Å². The van der Waals surface area contributed by atoms with Crippen molar-refractivity contribution in [3.05, 3.63) is 36.4 Å². The summed E-state index contributed by atoms with van der Waals surface area (Å²) in [5.41, 5.74) is 1.30. The van der Waals surface area contributed by atoms with Crippen LogP contribution in [0, 0.1) is 0 Å². The van der Waals surface area contributed by atoms with Gasteiger partial charge < -0.3 is 14.9 Å². The Labute approximate surface area is 100 Å². The van der Waals surface area contributed by atoms with E-state index in [0.29, 0.717) is 6.04 Å². The zero-order valence-corrected chi connectivity index (χ0v) is 9.76. The summed E-state index contributed by atoms with van der Waals surface area (Å²) >= 11 is 0. The van der Waals surface area contributed by atoms with Gasteiger partial charge in [-0.3, -0.25) is 0 Å². The molecule has 0 aromatic carbocycles. The van der Waals surface area contributed by atoms with E-state index in [1.54, 1.807) is 6.20 Å². The number of rotatable bonds is 4. The van der Waals surface area contributed by atoms with Crippen LogP contribution < -0.4 is 5.32 Å². The van der Waals surface area contributed by atoms with Crippen molar-refractivity contribution in [1.29, 1.82) is 0 Å². The third-order valence-electron chi connectivity index (χ3n) is 3.31. The summed E-state index contributed by atoms with van der Waals surface area (Å²) in [6.45, 7) is 2.05. The van der Waals surface area contributed by atoms with Gasteiger partial charge in [0.05, 0.1) is 12.0 Å². The first-order chi connectivity index (χ1) is 8.43. The fraction of sp³-hybridized carbons (Fsp3) is 0.500. The van der Waals surface area contributed by atoms with E-state index >= 15 is 0 Å². The van der Waals surface area contributed by atoms with E-state index in [4.69, 9.17) is 0 Å². The Balaban J connectivity index is 1.68. The van der Waals surface area contributed by atoms with E-state index in [2.05, 4.69) is 24.8 Å². The van der Waals surface area contributed by atoms with Crippen molar-refractivity contribution in [2.75, 3.05) is 6.54 Å². The number of H-pyrrole nitrogens is 1.